The van der Waals surface area contributed by atoms with Gasteiger partial charge in [0.05, 0.1) is 18.6 Å². The van der Waals surface area contributed by atoms with Gasteiger partial charge in [-0.15, -0.1) is 0 Å². The van der Waals surface area contributed by atoms with Crippen LogP contribution < -0.4 is 22.1 Å². The molecule has 0 aromatic heterocycles. The van der Waals surface area contributed by atoms with Crippen molar-refractivity contribution < 1.29 is 19.5 Å². The van der Waals surface area contributed by atoms with Gasteiger partial charge in [-0.2, -0.15) is 0 Å². The van der Waals surface area contributed by atoms with Gasteiger partial charge in [0.2, 0.25) is 5.91 Å². The molecule has 0 fully saturated rings. The Bertz CT molecular complexity index is 349. The third-order valence-corrected chi connectivity index (χ3v) is 3.20. The molecular formula is C13H26N4O4. The zero-order chi connectivity index (χ0) is 16.3. The lowest BCUT2D eigenvalue weighted by Crippen LogP contribution is -2.47. The summed E-state index contributed by atoms with van der Waals surface area (Å²) in [6.07, 6.45) is 2.24. The van der Waals surface area contributed by atoms with Crippen LogP contribution in [-0.2, 0) is 14.4 Å². The minimum atomic E-state index is -1.01. The van der Waals surface area contributed by atoms with Gasteiger partial charge in [0, 0.05) is 6.42 Å². The molecule has 0 aromatic carbocycles. The predicted octanol–water partition coefficient (Wildman–Crippen LogP) is -1.42. The average molecular weight is 302 g/mol. The van der Waals surface area contributed by atoms with E-state index >= 15 is 0 Å². The van der Waals surface area contributed by atoms with Crippen LogP contribution in [0.25, 0.3) is 0 Å². The van der Waals surface area contributed by atoms with E-state index in [1.165, 1.54) is 0 Å². The normalized spacial score (nSPS) is 13.6. The highest BCUT2D eigenvalue weighted by atomic mass is 16.4. The maximum Gasteiger partial charge on any atom is 0.303 e. The average Bonchev–Trinajstić information content (AvgIpc) is 2.42. The van der Waals surface area contributed by atoms with Gasteiger partial charge in [-0.05, 0) is 32.9 Å². The molecule has 7 N–H and O–H groups in total. The second kappa shape index (κ2) is 11.2. The SMILES string of the molecule is CN[C@@H](CCCCN)C(=O)CN[C@@H](CCC(=O)O)C(N)=O. The van der Waals surface area contributed by atoms with Gasteiger partial charge in [0.25, 0.3) is 0 Å². The Morgan fingerprint density at radius 3 is 2.29 bits per heavy atom. The van der Waals surface area contributed by atoms with E-state index in [1.807, 2.05) is 0 Å². The molecule has 0 rings (SSSR count). The van der Waals surface area contributed by atoms with E-state index in [-0.39, 0.29) is 31.2 Å². The lowest BCUT2D eigenvalue weighted by Gasteiger charge is -2.18. The van der Waals surface area contributed by atoms with Crippen molar-refractivity contribution in [2.75, 3.05) is 20.1 Å². The lowest BCUT2D eigenvalue weighted by atomic mass is 10.0. The molecule has 0 spiro atoms. The smallest absolute Gasteiger partial charge is 0.303 e. The number of likely N-dealkylation sites (N-methyl/N-ethyl adjacent to an activating group) is 1. The quantitative estimate of drug-likeness (QED) is 0.262. The molecule has 21 heavy (non-hydrogen) atoms. The third kappa shape index (κ3) is 9.11. The van der Waals surface area contributed by atoms with Gasteiger partial charge in [-0.1, -0.05) is 6.42 Å². The number of rotatable bonds is 13. The summed E-state index contributed by atoms with van der Waals surface area (Å²) < 4.78 is 0. The first kappa shape index (κ1) is 19.5. The molecule has 8 nitrogen and oxygen atoms in total. The molecule has 0 aromatic rings. The van der Waals surface area contributed by atoms with Gasteiger partial charge in [-0.3, -0.25) is 19.7 Å². The van der Waals surface area contributed by atoms with E-state index in [2.05, 4.69) is 10.6 Å². The highest BCUT2D eigenvalue weighted by Gasteiger charge is 2.20. The van der Waals surface area contributed by atoms with Gasteiger partial charge in [-0.25, -0.2) is 0 Å². The highest BCUT2D eigenvalue weighted by Crippen LogP contribution is 2.02. The molecule has 0 bridgehead atoms. The molecule has 0 heterocycles. The summed E-state index contributed by atoms with van der Waals surface area (Å²) in [6, 6.07) is -1.12. The second-order valence-corrected chi connectivity index (χ2v) is 4.86. The van der Waals surface area contributed by atoms with Crippen molar-refractivity contribution in [2.24, 2.45) is 11.5 Å². The number of ketones is 1. The van der Waals surface area contributed by atoms with E-state index in [0.29, 0.717) is 13.0 Å². The zero-order valence-electron chi connectivity index (χ0n) is 12.4. The van der Waals surface area contributed by atoms with Crippen LogP contribution >= 0.6 is 0 Å². The minimum absolute atomic E-state index is 0.0264. The molecule has 0 radical (unpaired) electrons. The maximum atomic E-state index is 12.0. The highest BCUT2D eigenvalue weighted by molar-refractivity contribution is 5.87. The lowest BCUT2D eigenvalue weighted by molar-refractivity contribution is -0.137. The molecule has 2 atom stereocenters. The van der Waals surface area contributed by atoms with E-state index in [1.54, 1.807) is 7.05 Å². The summed E-state index contributed by atoms with van der Waals surface area (Å²) in [4.78, 5) is 33.7. The Labute approximate surface area is 124 Å². The first-order valence-corrected chi connectivity index (χ1v) is 7.06. The molecule has 8 heteroatoms. The van der Waals surface area contributed by atoms with Crippen molar-refractivity contribution in [3.05, 3.63) is 0 Å². The van der Waals surface area contributed by atoms with Crippen LogP contribution in [0.1, 0.15) is 32.1 Å². The number of carboxylic acid groups (broad SMARTS) is 1. The summed E-state index contributed by atoms with van der Waals surface area (Å²) in [5.41, 5.74) is 10.6. The Kier molecular flexibility index (Phi) is 10.4. The number of hydrogen-bond donors (Lipinski definition) is 5. The summed E-state index contributed by atoms with van der Waals surface area (Å²) >= 11 is 0. The van der Waals surface area contributed by atoms with Crippen LogP contribution in [0.4, 0.5) is 0 Å². The molecule has 0 aliphatic rings. The fourth-order valence-electron chi connectivity index (χ4n) is 1.92. The van der Waals surface area contributed by atoms with Gasteiger partial charge < -0.3 is 21.9 Å². The number of aliphatic carboxylic acids is 1. The monoisotopic (exact) mass is 302 g/mol. The standard InChI is InChI=1S/C13H26N4O4/c1-16-9(4-2-3-7-14)11(18)8-17-10(13(15)21)5-6-12(19)20/h9-10,16-17H,2-8,14H2,1H3,(H2,15,21)(H,19,20)/t9-,10-/m0/s1. The Morgan fingerprint density at radius 2 is 1.81 bits per heavy atom. The van der Waals surface area contributed by atoms with Crippen molar-refractivity contribution in [1.82, 2.24) is 10.6 Å². The number of carbonyl (C=O) groups excluding carboxylic acids is 2. The Morgan fingerprint density at radius 1 is 1.14 bits per heavy atom. The zero-order valence-corrected chi connectivity index (χ0v) is 12.4. The fraction of sp³-hybridized carbons (Fsp3) is 0.769. The third-order valence-electron chi connectivity index (χ3n) is 3.20. The van der Waals surface area contributed by atoms with Crippen LogP contribution in [0, 0.1) is 0 Å². The van der Waals surface area contributed by atoms with Crippen LogP contribution in [0.3, 0.4) is 0 Å². The summed E-state index contributed by atoms with van der Waals surface area (Å²) in [5.74, 6) is -1.76. The molecule has 0 aliphatic carbocycles. The molecule has 1 amide bonds. The van der Waals surface area contributed by atoms with E-state index < -0.39 is 17.9 Å². The van der Waals surface area contributed by atoms with Gasteiger partial charge in [0.1, 0.15) is 0 Å². The van der Waals surface area contributed by atoms with Crippen molar-refractivity contribution in [1.29, 1.82) is 0 Å². The topological polar surface area (TPSA) is 148 Å². The number of nitrogens with two attached hydrogens (primary N) is 2. The Balaban J connectivity index is 4.25. The number of unbranched alkanes of at least 4 members (excludes halogenated alkanes) is 1. The molecule has 0 saturated carbocycles. The van der Waals surface area contributed by atoms with Crippen LogP contribution in [0.5, 0.6) is 0 Å². The first-order valence-electron chi connectivity index (χ1n) is 7.06. The molecule has 0 unspecified atom stereocenters. The van der Waals surface area contributed by atoms with Crippen molar-refractivity contribution >= 4 is 17.7 Å². The molecular weight excluding hydrogens is 276 g/mol. The molecule has 0 aliphatic heterocycles. The van der Waals surface area contributed by atoms with Gasteiger partial charge >= 0.3 is 5.97 Å². The van der Waals surface area contributed by atoms with Crippen LogP contribution in [-0.4, -0.2) is 55.0 Å². The number of carboxylic acids is 1. The second-order valence-electron chi connectivity index (χ2n) is 4.86. The van der Waals surface area contributed by atoms with Crippen molar-refractivity contribution in [3.8, 4) is 0 Å². The number of nitrogens with one attached hydrogen (secondary N) is 2. The summed E-state index contributed by atoms with van der Waals surface area (Å²) in [6.45, 7) is 0.559. The van der Waals surface area contributed by atoms with E-state index in [9.17, 15) is 14.4 Å². The summed E-state index contributed by atoms with van der Waals surface area (Å²) in [5, 5.41) is 14.3. The van der Waals surface area contributed by atoms with Gasteiger partial charge in [0.15, 0.2) is 5.78 Å². The number of Topliss-reactive ketones (excluding diaryl/α,β-unsaturated/α-hetero) is 1. The fourth-order valence-corrected chi connectivity index (χ4v) is 1.92. The molecule has 122 valence electrons. The van der Waals surface area contributed by atoms with Crippen LogP contribution in [0.2, 0.25) is 0 Å². The Hall–Kier alpha value is -1.51. The largest absolute Gasteiger partial charge is 0.481 e. The first-order chi connectivity index (χ1) is 9.92. The predicted molar refractivity (Wildman–Crippen MR) is 78.6 cm³/mol. The number of hydrogen-bond acceptors (Lipinski definition) is 6. The maximum absolute atomic E-state index is 12.0. The van der Waals surface area contributed by atoms with E-state index in [0.717, 1.165) is 12.8 Å². The van der Waals surface area contributed by atoms with Crippen LogP contribution in [0.15, 0.2) is 0 Å². The number of carbonyl (C=O) groups is 3. The number of primary amides is 1. The van der Waals surface area contributed by atoms with Crippen molar-refractivity contribution in [3.63, 3.8) is 0 Å². The minimum Gasteiger partial charge on any atom is -0.481 e. The van der Waals surface area contributed by atoms with Crippen molar-refractivity contribution in [2.45, 2.75) is 44.2 Å². The number of amides is 1. The van der Waals surface area contributed by atoms with E-state index in [4.69, 9.17) is 16.6 Å². The summed E-state index contributed by atoms with van der Waals surface area (Å²) in [7, 11) is 1.70. The molecule has 0 saturated heterocycles.